The van der Waals surface area contributed by atoms with E-state index >= 15 is 0 Å². The molecule has 176 valence electrons. The van der Waals surface area contributed by atoms with E-state index in [-0.39, 0.29) is 11.3 Å². The van der Waals surface area contributed by atoms with Gasteiger partial charge in [-0.05, 0) is 24.3 Å². The zero-order chi connectivity index (χ0) is 24.5. The average molecular weight is 462 g/mol. The smallest absolute Gasteiger partial charge is 0.331 e. The molecule has 13 nitrogen and oxygen atoms in total. The minimum Gasteiger partial charge on any atom is -0.497 e. The van der Waals surface area contributed by atoms with E-state index in [9.17, 15) is 40.1 Å². The fraction of sp³-hybridized carbons (Fsp3) is 0.400. The highest BCUT2D eigenvalue weighted by molar-refractivity contribution is 5.74. The van der Waals surface area contributed by atoms with Gasteiger partial charge < -0.3 is 35.2 Å². The third kappa shape index (κ3) is 4.13. The van der Waals surface area contributed by atoms with E-state index in [0.29, 0.717) is 10.3 Å². The number of nitrogens with zero attached hydrogens (tertiary/aromatic N) is 2. The van der Waals surface area contributed by atoms with Gasteiger partial charge in [0.15, 0.2) is 6.23 Å². The van der Waals surface area contributed by atoms with Gasteiger partial charge in [0.25, 0.3) is 5.56 Å². The highest BCUT2D eigenvalue weighted by Crippen LogP contribution is 2.37. The summed E-state index contributed by atoms with van der Waals surface area (Å²) in [4.78, 5) is 39.1. The van der Waals surface area contributed by atoms with Gasteiger partial charge in [0.1, 0.15) is 35.7 Å². The molecule has 0 unspecified atom stereocenters. The van der Waals surface area contributed by atoms with Crippen molar-refractivity contribution in [2.75, 3.05) is 13.7 Å². The van der Waals surface area contributed by atoms with E-state index in [1.54, 1.807) is 6.07 Å². The van der Waals surface area contributed by atoms with Gasteiger partial charge >= 0.3 is 5.69 Å². The number of aliphatic hydroxyl groups excluding tert-OH is 3. The van der Waals surface area contributed by atoms with Gasteiger partial charge in [-0.15, -0.1) is 0 Å². The van der Waals surface area contributed by atoms with Crippen molar-refractivity contribution in [3.8, 4) is 23.1 Å². The summed E-state index contributed by atoms with van der Waals surface area (Å²) in [5, 5.41) is 53.3. The SMILES string of the molecule is COc1ccc(-c2c(C#N)c(=O)[nH]c(=O)n2[C@@H]2O[C@H](CO)[C@@H](O)[C@H](O)[C@]2(O)NC(C)=O)cc1. The van der Waals surface area contributed by atoms with Crippen molar-refractivity contribution in [2.24, 2.45) is 0 Å². The maximum absolute atomic E-state index is 12.9. The number of hydrogen-bond acceptors (Lipinski definition) is 10. The fourth-order valence-electron chi connectivity index (χ4n) is 3.70. The van der Waals surface area contributed by atoms with Crippen LogP contribution in [0.15, 0.2) is 33.9 Å². The predicted molar refractivity (Wildman–Crippen MR) is 110 cm³/mol. The van der Waals surface area contributed by atoms with E-state index in [1.165, 1.54) is 31.4 Å². The molecule has 1 amide bonds. The standard InChI is InChI=1S/C20H22N4O9/c1-9(26)23-20(31)16(28)15(27)13(8-25)33-18(20)24-14(10-3-5-11(32-2)6-4-10)12(7-21)17(29)22-19(24)30/h3-6,13,15-16,18,25,27-28,31H,8H2,1-2H3,(H,23,26)(H,22,29,30)/t13-,15-,16+,18-,20-/m1/s1. The average Bonchev–Trinajstić information content (AvgIpc) is 2.78. The molecule has 0 aliphatic carbocycles. The highest BCUT2D eigenvalue weighted by atomic mass is 16.6. The lowest BCUT2D eigenvalue weighted by Crippen LogP contribution is -2.71. The summed E-state index contributed by atoms with van der Waals surface area (Å²) < 4.78 is 11.3. The Hall–Kier alpha value is -3.54. The van der Waals surface area contributed by atoms with Crippen molar-refractivity contribution >= 4 is 5.91 Å². The molecule has 33 heavy (non-hydrogen) atoms. The van der Waals surface area contributed by atoms with Crippen LogP contribution in [0.4, 0.5) is 0 Å². The molecule has 13 heteroatoms. The van der Waals surface area contributed by atoms with Crippen LogP contribution < -0.4 is 21.3 Å². The normalized spacial score (nSPS) is 26.9. The number of benzene rings is 1. The van der Waals surface area contributed by atoms with Crippen molar-refractivity contribution in [1.29, 1.82) is 5.26 Å². The Morgan fingerprint density at radius 3 is 2.48 bits per heavy atom. The van der Waals surface area contributed by atoms with E-state index in [1.807, 2.05) is 4.98 Å². The number of H-pyrrole nitrogens is 1. The first kappa shape index (κ1) is 24.1. The largest absolute Gasteiger partial charge is 0.497 e. The van der Waals surface area contributed by atoms with Crippen molar-refractivity contribution in [3.05, 3.63) is 50.7 Å². The van der Waals surface area contributed by atoms with Crippen LogP contribution in [0.25, 0.3) is 11.3 Å². The summed E-state index contributed by atoms with van der Waals surface area (Å²) in [5.74, 6) is -0.428. The second kappa shape index (κ2) is 9.14. The van der Waals surface area contributed by atoms with Crippen LogP contribution in [0, 0.1) is 11.3 Å². The van der Waals surface area contributed by atoms with Gasteiger partial charge in [0, 0.05) is 12.5 Å². The number of nitriles is 1. The molecule has 1 aliphatic heterocycles. The van der Waals surface area contributed by atoms with Crippen LogP contribution in [0.3, 0.4) is 0 Å². The summed E-state index contributed by atoms with van der Waals surface area (Å²) >= 11 is 0. The number of methoxy groups -OCH3 is 1. The van der Waals surface area contributed by atoms with Gasteiger partial charge in [-0.3, -0.25) is 19.1 Å². The molecule has 1 fully saturated rings. The van der Waals surface area contributed by atoms with E-state index in [2.05, 4.69) is 5.32 Å². The van der Waals surface area contributed by atoms with Crippen LogP contribution in [0.5, 0.6) is 5.75 Å². The Balaban J connectivity index is 2.37. The molecule has 5 atom stereocenters. The van der Waals surface area contributed by atoms with Crippen molar-refractivity contribution in [3.63, 3.8) is 0 Å². The molecule has 1 aromatic carbocycles. The van der Waals surface area contributed by atoms with Gasteiger partial charge in [-0.1, -0.05) is 0 Å². The number of aromatic amines is 1. The molecule has 0 spiro atoms. The maximum atomic E-state index is 12.9. The Kier molecular flexibility index (Phi) is 6.68. The number of aliphatic hydroxyl groups is 4. The van der Waals surface area contributed by atoms with Gasteiger partial charge in [0.05, 0.1) is 19.4 Å². The third-order valence-corrected chi connectivity index (χ3v) is 5.25. The van der Waals surface area contributed by atoms with E-state index in [0.717, 1.165) is 6.92 Å². The van der Waals surface area contributed by atoms with Crippen LogP contribution in [-0.4, -0.2) is 73.6 Å². The molecular formula is C20H22N4O9. The van der Waals surface area contributed by atoms with Crippen LogP contribution >= 0.6 is 0 Å². The second-order valence-electron chi connectivity index (χ2n) is 7.34. The Morgan fingerprint density at radius 1 is 1.33 bits per heavy atom. The lowest BCUT2D eigenvalue weighted by atomic mass is 9.91. The minimum atomic E-state index is -2.80. The van der Waals surface area contributed by atoms with Crippen LogP contribution in [0.1, 0.15) is 18.7 Å². The number of rotatable bonds is 5. The molecule has 6 N–H and O–H groups in total. The molecule has 1 aromatic heterocycles. The topological polar surface area (TPSA) is 207 Å². The summed E-state index contributed by atoms with van der Waals surface area (Å²) in [7, 11) is 1.42. The lowest BCUT2D eigenvalue weighted by molar-refractivity contribution is -0.305. The highest BCUT2D eigenvalue weighted by Gasteiger charge is 2.57. The van der Waals surface area contributed by atoms with Gasteiger partial charge in [-0.2, -0.15) is 5.26 Å². The third-order valence-electron chi connectivity index (χ3n) is 5.25. The van der Waals surface area contributed by atoms with Crippen molar-refractivity contribution in [1.82, 2.24) is 14.9 Å². The van der Waals surface area contributed by atoms with E-state index < -0.39 is 59.6 Å². The summed E-state index contributed by atoms with van der Waals surface area (Å²) in [6, 6.07) is 7.53. The number of nitrogens with one attached hydrogen (secondary N) is 2. The molecule has 1 aliphatic rings. The van der Waals surface area contributed by atoms with Crippen LogP contribution in [0.2, 0.25) is 0 Å². The Labute approximate surface area is 186 Å². The predicted octanol–water partition coefficient (Wildman–Crippen LogP) is -2.48. The molecule has 0 radical (unpaired) electrons. The molecule has 1 saturated heterocycles. The zero-order valence-corrected chi connectivity index (χ0v) is 17.6. The molecule has 2 heterocycles. The molecule has 0 saturated carbocycles. The lowest BCUT2D eigenvalue weighted by Gasteiger charge is -2.48. The Bertz CT molecular complexity index is 1200. The van der Waals surface area contributed by atoms with E-state index in [4.69, 9.17) is 9.47 Å². The monoisotopic (exact) mass is 462 g/mol. The quantitative estimate of drug-likeness (QED) is 0.258. The molecule has 0 bridgehead atoms. The number of ether oxygens (including phenoxy) is 2. The molecule has 3 rings (SSSR count). The summed E-state index contributed by atoms with van der Waals surface area (Å²) in [6.07, 6.45) is -7.47. The fourth-order valence-corrected chi connectivity index (χ4v) is 3.70. The maximum Gasteiger partial charge on any atom is 0.331 e. The zero-order valence-electron chi connectivity index (χ0n) is 17.6. The van der Waals surface area contributed by atoms with Crippen molar-refractivity contribution < 1.29 is 34.7 Å². The first-order chi connectivity index (χ1) is 15.6. The number of carbonyl (C=O) groups excluding carboxylic acids is 1. The first-order valence-electron chi connectivity index (χ1n) is 9.66. The number of aromatic nitrogens is 2. The second-order valence-corrected chi connectivity index (χ2v) is 7.34. The minimum absolute atomic E-state index is 0.158. The summed E-state index contributed by atoms with van der Waals surface area (Å²) in [6.45, 7) is 0.180. The Morgan fingerprint density at radius 2 is 1.97 bits per heavy atom. The van der Waals surface area contributed by atoms with Crippen molar-refractivity contribution in [2.45, 2.75) is 37.2 Å². The molecule has 2 aromatic rings. The van der Waals surface area contributed by atoms with Gasteiger partial charge in [-0.25, -0.2) is 4.79 Å². The molecular weight excluding hydrogens is 440 g/mol. The first-order valence-corrected chi connectivity index (χ1v) is 9.66. The number of amides is 1. The van der Waals surface area contributed by atoms with Gasteiger partial charge in [0.2, 0.25) is 11.6 Å². The summed E-state index contributed by atoms with van der Waals surface area (Å²) in [5.41, 5.74) is -5.66. The van der Waals surface area contributed by atoms with Crippen LogP contribution in [-0.2, 0) is 9.53 Å². The number of hydrogen-bond donors (Lipinski definition) is 6. The number of carbonyl (C=O) groups is 1.